The lowest BCUT2D eigenvalue weighted by Gasteiger charge is -2.36. The molecule has 0 fully saturated rings. The van der Waals surface area contributed by atoms with Gasteiger partial charge in [0.15, 0.2) is 8.07 Å². The van der Waals surface area contributed by atoms with Gasteiger partial charge in [0.2, 0.25) is 0 Å². The van der Waals surface area contributed by atoms with Crippen LogP contribution in [0.4, 0.5) is 0 Å². The minimum absolute atomic E-state index is 0.669. The predicted molar refractivity (Wildman–Crippen MR) is 195 cm³/mol. The van der Waals surface area contributed by atoms with Crippen molar-refractivity contribution in [3.05, 3.63) is 188 Å². The standard InChI is InChI=1S/C43H30N2Si/c44-31-32-27-28-42-40(29-32)39-24-10-12-25-41(39)45(42)34-16-14-15-33(30-34)38-23-11-13-26-43(38)46(35-17-4-1-5-18-35,36-19-6-2-7-20-36)37-21-8-3-9-22-37/h1-30H. The molecule has 3 heteroatoms. The van der Waals surface area contributed by atoms with Crippen molar-refractivity contribution >= 4 is 50.6 Å². The van der Waals surface area contributed by atoms with Crippen LogP contribution in [0.1, 0.15) is 5.56 Å². The van der Waals surface area contributed by atoms with E-state index in [0.29, 0.717) is 5.56 Å². The molecule has 0 saturated heterocycles. The number of rotatable bonds is 6. The molecular formula is C43H30N2Si. The van der Waals surface area contributed by atoms with Crippen molar-refractivity contribution in [2.45, 2.75) is 0 Å². The van der Waals surface area contributed by atoms with E-state index in [1.165, 1.54) is 31.9 Å². The molecule has 0 spiro atoms. The van der Waals surface area contributed by atoms with E-state index in [4.69, 9.17) is 0 Å². The van der Waals surface area contributed by atoms with E-state index in [-0.39, 0.29) is 0 Å². The van der Waals surface area contributed by atoms with Crippen LogP contribution in [0.5, 0.6) is 0 Å². The van der Waals surface area contributed by atoms with E-state index in [9.17, 15) is 5.26 Å². The Kier molecular flexibility index (Phi) is 6.91. The van der Waals surface area contributed by atoms with Gasteiger partial charge >= 0.3 is 0 Å². The molecule has 8 aromatic rings. The molecule has 0 aliphatic carbocycles. The molecule has 0 N–H and O–H groups in total. The number of hydrogen-bond donors (Lipinski definition) is 0. The first-order chi connectivity index (χ1) is 22.8. The summed E-state index contributed by atoms with van der Waals surface area (Å²) in [5, 5.41) is 17.3. The van der Waals surface area contributed by atoms with Gasteiger partial charge in [0.05, 0.1) is 22.7 Å². The first-order valence-electron chi connectivity index (χ1n) is 15.6. The number of benzene rings is 7. The summed E-state index contributed by atoms with van der Waals surface area (Å²) in [6.07, 6.45) is 0. The Hall–Kier alpha value is -5.95. The third-order valence-electron chi connectivity index (χ3n) is 9.17. The second-order valence-electron chi connectivity index (χ2n) is 11.6. The maximum absolute atomic E-state index is 9.64. The summed E-state index contributed by atoms with van der Waals surface area (Å²) in [4.78, 5) is 0. The summed E-state index contributed by atoms with van der Waals surface area (Å²) < 4.78 is 2.33. The molecule has 0 aliphatic heterocycles. The highest BCUT2D eigenvalue weighted by atomic mass is 28.3. The highest BCUT2D eigenvalue weighted by Gasteiger charge is 2.42. The first kappa shape index (κ1) is 27.6. The summed E-state index contributed by atoms with van der Waals surface area (Å²) in [7, 11) is -2.75. The van der Waals surface area contributed by atoms with Gasteiger partial charge in [-0.2, -0.15) is 5.26 Å². The van der Waals surface area contributed by atoms with E-state index >= 15 is 0 Å². The molecule has 2 nitrogen and oxygen atoms in total. The van der Waals surface area contributed by atoms with Crippen LogP contribution in [0.2, 0.25) is 0 Å². The third-order valence-corrected chi connectivity index (χ3v) is 14.0. The molecule has 0 saturated carbocycles. The van der Waals surface area contributed by atoms with Crippen LogP contribution in [0.25, 0.3) is 38.6 Å². The number of nitrogens with zero attached hydrogens (tertiary/aromatic N) is 2. The van der Waals surface area contributed by atoms with Crippen molar-refractivity contribution in [1.29, 1.82) is 5.26 Å². The van der Waals surface area contributed by atoms with E-state index in [1.54, 1.807) is 0 Å². The highest BCUT2D eigenvalue weighted by Crippen LogP contribution is 2.34. The fraction of sp³-hybridized carbons (Fsp3) is 0. The molecule has 0 aliphatic rings. The number of para-hydroxylation sites is 1. The maximum Gasteiger partial charge on any atom is 0.180 e. The number of nitriles is 1. The zero-order valence-corrected chi connectivity index (χ0v) is 26.2. The van der Waals surface area contributed by atoms with E-state index in [1.807, 2.05) is 12.1 Å². The van der Waals surface area contributed by atoms with Crippen molar-refractivity contribution in [2.24, 2.45) is 0 Å². The molecule has 0 unspecified atom stereocenters. The lowest BCUT2D eigenvalue weighted by Crippen LogP contribution is -2.75. The average Bonchev–Trinajstić information content (AvgIpc) is 3.47. The quantitative estimate of drug-likeness (QED) is 0.142. The molecule has 0 amide bonds. The zero-order chi connectivity index (χ0) is 30.9. The van der Waals surface area contributed by atoms with E-state index in [0.717, 1.165) is 27.5 Å². The van der Waals surface area contributed by atoms with Crippen molar-refractivity contribution in [3.63, 3.8) is 0 Å². The normalized spacial score (nSPS) is 11.5. The van der Waals surface area contributed by atoms with Gasteiger partial charge in [-0.3, -0.25) is 0 Å². The van der Waals surface area contributed by atoms with Crippen LogP contribution in [0, 0.1) is 11.3 Å². The monoisotopic (exact) mass is 602 g/mol. The van der Waals surface area contributed by atoms with Crippen LogP contribution in [0.3, 0.4) is 0 Å². The summed E-state index contributed by atoms with van der Waals surface area (Å²) in [5.41, 5.74) is 6.39. The summed E-state index contributed by atoms with van der Waals surface area (Å²) in [6, 6.07) is 67.9. The van der Waals surface area contributed by atoms with Gasteiger partial charge in [0.25, 0.3) is 0 Å². The van der Waals surface area contributed by atoms with Gasteiger partial charge in [-0.25, -0.2) is 0 Å². The van der Waals surface area contributed by atoms with Crippen molar-refractivity contribution in [2.75, 3.05) is 0 Å². The molecular weight excluding hydrogens is 573 g/mol. The van der Waals surface area contributed by atoms with Gasteiger partial charge in [0, 0.05) is 16.5 Å². The Morgan fingerprint density at radius 1 is 0.457 bits per heavy atom. The van der Waals surface area contributed by atoms with Crippen molar-refractivity contribution in [3.8, 4) is 22.9 Å². The Morgan fingerprint density at radius 2 is 1.02 bits per heavy atom. The van der Waals surface area contributed by atoms with E-state index in [2.05, 4.69) is 180 Å². The molecule has 7 aromatic carbocycles. The summed E-state index contributed by atoms with van der Waals surface area (Å²) in [6.45, 7) is 0. The minimum Gasteiger partial charge on any atom is -0.309 e. The Morgan fingerprint density at radius 3 is 1.67 bits per heavy atom. The number of aromatic nitrogens is 1. The maximum atomic E-state index is 9.64. The lowest BCUT2D eigenvalue weighted by molar-refractivity contribution is 1.18. The molecule has 216 valence electrons. The Balaban J connectivity index is 1.41. The first-order valence-corrected chi connectivity index (χ1v) is 17.6. The fourth-order valence-electron chi connectivity index (χ4n) is 7.23. The number of hydrogen-bond acceptors (Lipinski definition) is 1. The molecule has 0 atom stereocenters. The van der Waals surface area contributed by atoms with Crippen molar-refractivity contribution < 1.29 is 0 Å². The molecule has 8 rings (SSSR count). The van der Waals surface area contributed by atoms with Crippen LogP contribution < -0.4 is 20.7 Å². The molecule has 0 radical (unpaired) electrons. The topological polar surface area (TPSA) is 28.7 Å². The molecule has 1 heterocycles. The van der Waals surface area contributed by atoms with E-state index < -0.39 is 8.07 Å². The SMILES string of the molecule is N#Cc1ccc2c(c1)c1ccccc1n2-c1cccc(-c2ccccc2[Si](c2ccccc2)(c2ccccc2)c2ccccc2)c1. The Bertz CT molecular complexity index is 2270. The van der Waals surface area contributed by atoms with Gasteiger partial charge < -0.3 is 4.57 Å². The highest BCUT2D eigenvalue weighted by molar-refractivity contribution is 7.20. The zero-order valence-electron chi connectivity index (χ0n) is 25.2. The molecule has 1 aromatic heterocycles. The fourth-order valence-corrected chi connectivity index (χ4v) is 12.2. The van der Waals surface area contributed by atoms with Gasteiger partial charge in [-0.05, 0) is 68.3 Å². The predicted octanol–water partition coefficient (Wildman–Crippen LogP) is 7.70. The van der Waals surface area contributed by atoms with Crippen LogP contribution in [-0.2, 0) is 0 Å². The smallest absolute Gasteiger partial charge is 0.180 e. The summed E-state index contributed by atoms with van der Waals surface area (Å²) in [5.74, 6) is 0. The molecule has 0 bridgehead atoms. The van der Waals surface area contributed by atoms with Crippen LogP contribution in [-0.4, -0.2) is 12.6 Å². The van der Waals surface area contributed by atoms with Gasteiger partial charge in [-0.15, -0.1) is 0 Å². The van der Waals surface area contributed by atoms with Gasteiger partial charge in [-0.1, -0.05) is 146 Å². The van der Waals surface area contributed by atoms with Gasteiger partial charge in [0.1, 0.15) is 0 Å². The number of fused-ring (bicyclic) bond motifs is 3. The van der Waals surface area contributed by atoms with Crippen molar-refractivity contribution in [1.82, 2.24) is 4.57 Å². The lowest BCUT2D eigenvalue weighted by atomic mass is 10.0. The van der Waals surface area contributed by atoms with Crippen LogP contribution >= 0.6 is 0 Å². The third kappa shape index (κ3) is 4.39. The largest absolute Gasteiger partial charge is 0.309 e. The minimum atomic E-state index is -2.75. The van der Waals surface area contributed by atoms with Crippen LogP contribution in [0.15, 0.2) is 182 Å². The molecule has 46 heavy (non-hydrogen) atoms. The second-order valence-corrected chi connectivity index (χ2v) is 15.4. The second kappa shape index (κ2) is 11.5. The Labute approximate surface area is 270 Å². The summed E-state index contributed by atoms with van der Waals surface area (Å²) >= 11 is 0. The average molecular weight is 603 g/mol.